The fourth-order valence-electron chi connectivity index (χ4n) is 4.81. The van der Waals surface area contributed by atoms with Crippen LogP contribution in [0.1, 0.15) is 70.2 Å². The minimum absolute atomic E-state index is 0.00891. The lowest BCUT2D eigenvalue weighted by molar-refractivity contribution is 0.283. The Bertz CT molecular complexity index is 907. The molecular weight excluding hydrogens is 352 g/mol. The van der Waals surface area contributed by atoms with Gasteiger partial charge in [-0.2, -0.15) is 0 Å². The zero-order valence-electron chi connectivity index (χ0n) is 18.7. The van der Waals surface area contributed by atoms with Gasteiger partial charge in [0.15, 0.2) is 0 Å². The first kappa shape index (κ1) is 21.2. The summed E-state index contributed by atoms with van der Waals surface area (Å²) in [5.74, 6) is 0.343. The topological polar surface area (TPSA) is 20.2 Å². The van der Waals surface area contributed by atoms with Crippen LogP contribution in [-0.4, -0.2) is 5.11 Å². The molecule has 0 bridgehead atoms. The molecular formula is C28H34O. The fraction of sp³-hybridized carbons (Fsp3) is 0.357. The van der Waals surface area contributed by atoms with Crippen molar-refractivity contribution in [3.63, 3.8) is 0 Å². The normalized spacial score (nSPS) is 12.8. The van der Waals surface area contributed by atoms with Gasteiger partial charge in [-0.25, -0.2) is 0 Å². The van der Waals surface area contributed by atoms with Crippen molar-refractivity contribution in [2.24, 2.45) is 5.41 Å². The van der Waals surface area contributed by atoms with Crippen molar-refractivity contribution in [3.05, 3.63) is 101 Å². The lowest BCUT2D eigenvalue weighted by Crippen LogP contribution is -2.28. The Morgan fingerprint density at radius 2 is 1.10 bits per heavy atom. The van der Waals surface area contributed by atoms with E-state index in [-0.39, 0.29) is 10.8 Å². The number of rotatable bonds is 5. The van der Waals surface area contributed by atoms with Crippen molar-refractivity contribution in [2.45, 2.75) is 58.8 Å². The minimum Gasteiger partial charge on any atom is -0.508 e. The Morgan fingerprint density at radius 1 is 0.621 bits per heavy atom. The zero-order valence-corrected chi connectivity index (χ0v) is 18.7. The van der Waals surface area contributed by atoms with E-state index in [9.17, 15) is 5.11 Å². The maximum absolute atomic E-state index is 11.0. The molecule has 0 aromatic heterocycles. The maximum Gasteiger partial charge on any atom is 0.120 e. The monoisotopic (exact) mass is 386 g/mol. The summed E-state index contributed by atoms with van der Waals surface area (Å²) in [6.07, 6.45) is 1.07. The van der Waals surface area contributed by atoms with Crippen molar-refractivity contribution in [3.8, 4) is 5.75 Å². The Hall–Kier alpha value is -2.54. The molecule has 3 aromatic carbocycles. The molecule has 0 saturated carbocycles. The number of hydrogen-bond donors (Lipinski definition) is 1. The molecule has 0 amide bonds. The second kappa shape index (κ2) is 7.71. The largest absolute Gasteiger partial charge is 0.508 e. The average molecular weight is 387 g/mol. The molecule has 0 aliphatic carbocycles. The molecule has 29 heavy (non-hydrogen) atoms. The van der Waals surface area contributed by atoms with E-state index in [2.05, 4.69) is 102 Å². The second-order valence-electron chi connectivity index (χ2n) is 10.2. The maximum atomic E-state index is 11.0. The second-order valence-corrected chi connectivity index (χ2v) is 10.2. The average Bonchev–Trinajstić information content (AvgIpc) is 2.67. The predicted octanol–water partition coefficient (Wildman–Crippen LogP) is 7.46. The van der Waals surface area contributed by atoms with Gasteiger partial charge in [0, 0.05) is 11.0 Å². The summed E-state index contributed by atoms with van der Waals surface area (Å²) in [6, 6.07) is 27.2. The quantitative estimate of drug-likeness (QED) is 0.451. The first-order valence-electron chi connectivity index (χ1n) is 10.5. The molecule has 152 valence electrons. The lowest BCUT2D eigenvalue weighted by atomic mass is 9.67. The van der Waals surface area contributed by atoms with Crippen molar-refractivity contribution < 1.29 is 5.11 Å². The van der Waals surface area contributed by atoms with Gasteiger partial charge in [0.2, 0.25) is 0 Å². The van der Waals surface area contributed by atoms with Crippen LogP contribution in [0.3, 0.4) is 0 Å². The summed E-state index contributed by atoms with van der Waals surface area (Å²) in [5.41, 5.74) is 4.35. The molecule has 3 aromatic rings. The van der Waals surface area contributed by atoms with Crippen LogP contribution in [0.5, 0.6) is 5.75 Å². The van der Waals surface area contributed by atoms with Crippen LogP contribution in [0.25, 0.3) is 0 Å². The van der Waals surface area contributed by atoms with Gasteiger partial charge >= 0.3 is 0 Å². The summed E-state index contributed by atoms with van der Waals surface area (Å²) < 4.78 is 0. The molecule has 0 unspecified atom stereocenters. The van der Waals surface area contributed by atoms with E-state index in [0.717, 1.165) is 12.0 Å². The molecule has 0 fully saturated rings. The van der Waals surface area contributed by atoms with Gasteiger partial charge < -0.3 is 5.11 Å². The van der Waals surface area contributed by atoms with Crippen LogP contribution in [0, 0.1) is 5.41 Å². The Kier molecular flexibility index (Phi) is 5.63. The Balaban J connectivity index is 2.22. The van der Waals surface area contributed by atoms with Gasteiger partial charge in [-0.1, -0.05) is 107 Å². The summed E-state index contributed by atoms with van der Waals surface area (Å²) in [7, 11) is 0. The summed E-state index contributed by atoms with van der Waals surface area (Å²) in [5, 5.41) is 11.0. The molecule has 0 spiro atoms. The number of aromatic hydroxyl groups is 1. The van der Waals surface area contributed by atoms with E-state index in [1.807, 2.05) is 18.2 Å². The number of phenols is 1. The molecule has 3 rings (SSSR count). The van der Waals surface area contributed by atoms with Crippen LogP contribution < -0.4 is 0 Å². The summed E-state index contributed by atoms with van der Waals surface area (Å²) in [6.45, 7) is 13.7. The third-order valence-electron chi connectivity index (χ3n) is 5.99. The molecule has 1 N–H and O–H groups in total. The van der Waals surface area contributed by atoms with E-state index in [1.54, 1.807) is 0 Å². The highest BCUT2D eigenvalue weighted by atomic mass is 16.3. The fourth-order valence-corrected chi connectivity index (χ4v) is 4.81. The first-order chi connectivity index (χ1) is 13.5. The van der Waals surface area contributed by atoms with Crippen LogP contribution >= 0.6 is 0 Å². The molecule has 0 saturated heterocycles. The lowest BCUT2D eigenvalue weighted by Gasteiger charge is -2.36. The van der Waals surface area contributed by atoms with Gasteiger partial charge in [0.25, 0.3) is 0 Å². The third kappa shape index (κ3) is 4.40. The third-order valence-corrected chi connectivity index (χ3v) is 5.99. The van der Waals surface area contributed by atoms with Gasteiger partial charge in [-0.15, -0.1) is 0 Å². The highest BCUT2D eigenvalue weighted by Gasteiger charge is 2.35. The first-order valence-corrected chi connectivity index (χ1v) is 10.5. The van der Waals surface area contributed by atoms with Gasteiger partial charge in [-0.05, 0) is 46.9 Å². The van der Waals surface area contributed by atoms with E-state index < -0.39 is 5.41 Å². The molecule has 0 aliphatic rings. The molecule has 0 heterocycles. The highest BCUT2D eigenvalue weighted by molar-refractivity contribution is 5.55. The van der Waals surface area contributed by atoms with E-state index >= 15 is 0 Å². The van der Waals surface area contributed by atoms with Crippen LogP contribution in [0.15, 0.2) is 78.9 Å². The van der Waals surface area contributed by atoms with Gasteiger partial charge in [0.05, 0.1) is 0 Å². The molecule has 0 atom stereocenters. The minimum atomic E-state index is -0.444. The van der Waals surface area contributed by atoms with Gasteiger partial charge in [0.1, 0.15) is 5.75 Å². The highest BCUT2D eigenvalue weighted by Crippen LogP contribution is 2.45. The number of hydrogen-bond acceptors (Lipinski definition) is 1. The summed E-state index contributed by atoms with van der Waals surface area (Å²) >= 11 is 0. The van der Waals surface area contributed by atoms with E-state index in [0.29, 0.717) is 5.75 Å². The molecule has 0 radical (unpaired) electrons. The zero-order chi connectivity index (χ0) is 21.3. The smallest absolute Gasteiger partial charge is 0.120 e. The SMILES string of the molecule is CC(C)(C)CC(C)(C)c1ccc(O)c(C(C)(c2ccccc2)c2ccccc2)c1. The van der Waals surface area contributed by atoms with E-state index in [1.165, 1.54) is 16.7 Å². The van der Waals surface area contributed by atoms with Crippen molar-refractivity contribution in [2.75, 3.05) is 0 Å². The summed E-state index contributed by atoms with van der Waals surface area (Å²) in [4.78, 5) is 0. The molecule has 1 nitrogen and oxygen atoms in total. The number of benzene rings is 3. The van der Waals surface area contributed by atoms with Crippen molar-refractivity contribution >= 4 is 0 Å². The Morgan fingerprint density at radius 3 is 1.55 bits per heavy atom. The Labute approximate surface area is 176 Å². The predicted molar refractivity (Wildman–Crippen MR) is 124 cm³/mol. The molecule has 0 aliphatic heterocycles. The van der Waals surface area contributed by atoms with Crippen LogP contribution in [-0.2, 0) is 10.8 Å². The van der Waals surface area contributed by atoms with Crippen molar-refractivity contribution in [1.29, 1.82) is 0 Å². The standard InChI is InChI=1S/C28H34O/c1-26(2,3)20-27(4,5)23-17-18-25(29)24(19-23)28(6,21-13-9-7-10-14-21)22-15-11-8-12-16-22/h7-19,29H,20H2,1-6H3. The van der Waals surface area contributed by atoms with Crippen LogP contribution in [0.4, 0.5) is 0 Å². The molecule has 1 heteroatoms. The van der Waals surface area contributed by atoms with E-state index in [4.69, 9.17) is 0 Å². The van der Waals surface area contributed by atoms with Gasteiger partial charge in [-0.3, -0.25) is 0 Å². The van der Waals surface area contributed by atoms with Crippen molar-refractivity contribution in [1.82, 2.24) is 0 Å². The van der Waals surface area contributed by atoms with Crippen LogP contribution in [0.2, 0.25) is 0 Å². The number of phenolic OH excluding ortho intramolecular Hbond substituents is 1.